The molecule has 1 unspecified atom stereocenters. The normalized spacial score (nSPS) is 17.4. The van der Waals surface area contributed by atoms with E-state index in [0.29, 0.717) is 6.61 Å². The summed E-state index contributed by atoms with van der Waals surface area (Å²) in [6.07, 6.45) is 4.91. The van der Waals surface area contributed by atoms with Gasteiger partial charge < -0.3 is 15.0 Å². The molecular weight excluding hydrogens is 465 g/mol. The molecule has 3 rings (SSSR count). The van der Waals surface area contributed by atoms with Crippen LogP contribution in [0.25, 0.3) is 0 Å². The number of hydrogen-bond donors (Lipinski definition) is 1. The van der Waals surface area contributed by atoms with Gasteiger partial charge in [0, 0.05) is 38.4 Å². The Hall–Kier alpha value is -1.61. The van der Waals surface area contributed by atoms with Crippen molar-refractivity contribution in [3.05, 3.63) is 52.8 Å². The van der Waals surface area contributed by atoms with Crippen LogP contribution in [0.1, 0.15) is 35.3 Å². The van der Waals surface area contributed by atoms with Crippen molar-refractivity contribution in [2.24, 2.45) is 12.0 Å². The SMILES string of the molecule is CCNC(=NCCc1ccc(C)cc1C)N1CCOC(c2cnn(C)c2)C1.I. The largest absolute Gasteiger partial charge is 0.370 e. The van der Waals surface area contributed by atoms with Crippen molar-refractivity contribution >= 4 is 29.9 Å². The molecule has 1 aliphatic heterocycles. The van der Waals surface area contributed by atoms with Crippen molar-refractivity contribution in [3.63, 3.8) is 0 Å². The number of guanidine groups is 1. The molecule has 1 fully saturated rings. The van der Waals surface area contributed by atoms with E-state index < -0.39 is 0 Å². The number of aromatic nitrogens is 2. The predicted molar refractivity (Wildman–Crippen MR) is 124 cm³/mol. The quantitative estimate of drug-likeness (QED) is 0.392. The molecule has 2 aromatic rings. The second-order valence-corrected chi connectivity index (χ2v) is 7.17. The van der Waals surface area contributed by atoms with Crippen LogP contribution < -0.4 is 5.32 Å². The summed E-state index contributed by atoms with van der Waals surface area (Å²) in [5.41, 5.74) is 5.14. The van der Waals surface area contributed by atoms with E-state index in [2.05, 4.69) is 54.3 Å². The molecule has 0 saturated carbocycles. The number of aliphatic imine (C=N–C) groups is 1. The van der Waals surface area contributed by atoms with Gasteiger partial charge in [-0.2, -0.15) is 5.10 Å². The van der Waals surface area contributed by atoms with Crippen molar-refractivity contribution in [3.8, 4) is 0 Å². The smallest absolute Gasteiger partial charge is 0.194 e. The molecule has 7 heteroatoms. The van der Waals surface area contributed by atoms with Gasteiger partial charge in [0.1, 0.15) is 6.10 Å². The highest BCUT2D eigenvalue weighted by Crippen LogP contribution is 2.21. The molecule has 0 amide bonds. The Morgan fingerprint density at radius 2 is 2.18 bits per heavy atom. The molecule has 1 aromatic carbocycles. The molecule has 2 heterocycles. The number of benzene rings is 1. The first kappa shape index (κ1) is 22.7. The molecular formula is C21H32IN5O. The summed E-state index contributed by atoms with van der Waals surface area (Å²) in [6, 6.07) is 6.64. The fourth-order valence-electron chi connectivity index (χ4n) is 3.48. The van der Waals surface area contributed by atoms with Crippen molar-refractivity contribution in [1.29, 1.82) is 0 Å². The Morgan fingerprint density at radius 1 is 1.36 bits per heavy atom. The molecule has 6 nitrogen and oxygen atoms in total. The highest BCUT2D eigenvalue weighted by Gasteiger charge is 2.25. The minimum absolute atomic E-state index is 0. The zero-order valence-corrected chi connectivity index (χ0v) is 19.6. The number of aryl methyl sites for hydroxylation is 3. The van der Waals surface area contributed by atoms with Gasteiger partial charge >= 0.3 is 0 Å². The molecule has 154 valence electrons. The lowest BCUT2D eigenvalue weighted by molar-refractivity contribution is -0.00803. The second-order valence-electron chi connectivity index (χ2n) is 7.17. The van der Waals surface area contributed by atoms with Crippen LogP contribution in [0.2, 0.25) is 0 Å². The lowest BCUT2D eigenvalue weighted by atomic mass is 10.0. The number of nitrogens with one attached hydrogen (secondary N) is 1. The van der Waals surface area contributed by atoms with Gasteiger partial charge in [-0.3, -0.25) is 9.67 Å². The van der Waals surface area contributed by atoms with E-state index in [1.54, 1.807) is 0 Å². The lowest BCUT2D eigenvalue weighted by Crippen LogP contribution is -2.48. The number of morpholine rings is 1. The third-order valence-corrected chi connectivity index (χ3v) is 4.94. The standard InChI is InChI=1S/C21H31N5O.HI/c1-5-22-21(23-9-8-18-7-6-16(2)12-17(18)3)26-10-11-27-20(15-26)19-13-24-25(4)14-19;/h6-7,12-14,20H,5,8-11,15H2,1-4H3,(H,22,23);1H. The number of hydrogen-bond acceptors (Lipinski definition) is 3. The van der Waals surface area contributed by atoms with E-state index in [9.17, 15) is 0 Å². The van der Waals surface area contributed by atoms with E-state index in [1.165, 1.54) is 16.7 Å². The average molecular weight is 497 g/mol. The Bertz CT molecular complexity index is 789. The molecule has 1 aliphatic rings. The summed E-state index contributed by atoms with van der Waals surface area (Å²) >= 11 is 0. The fraction of sp³-hybridized carbons (Fsp3) is 0.524. The molecule has 0 bridgehead atoms. The maximum absolute atomic E-state index is 5.96. The highest BCUT2D eigenvalue weighted by molar-refractivity contribution is 14.0. The van der Waals surface area contributed by atoms with Gasteiger partial charge in [0.15, 0.2) is 5.96 Å². The third-order valence-electron chi connectivity index (χ3n) is 4.94. The van der Waals surface area contributed by atoms with E-state index in [0.717, 1.165) is 44.1 Å². The maximum Gasteiger partial charge on any atom is 0.194 e. The Labute approximate surface area is 185 Å². The first-order valence-electron chi connectivity index (χ1n) is 9.76. The minimum Gasteiger partial charge on any atom is -0.370 e. The van der Waals surface area contributed by atoms with Crippen LogP contribution in [-0.2, 0) is 18.2 Å². The van der Waals surface area contributed by atoms with Crippen molar-refractivity contribution in [2.45, 2.75) is 33.3 Å². The molecule has 0 radical (unpaired) electrons. The summed E-state index contributed by atoms with van der Waals surface area (Å²) in [7, 11) is 1.93. The summed E-state index contributed by atoms with van der Waals surface area (Å²) in [5, 5.41) is 7.71. The van der Waals surface area contributed by atoms with Crippen molar-refractivity contribution < 1.29 is 4.74 Å². The number of halogens is 1. The van der Waals surface area contributed by atoms with Gasteiger partial charge in [0.25, 0.3) is 0 Å². The molecule has 1 N–H and O–H groups in total. The Morgan fingerprint density at radius 3 is 2.86 bits per heavy atom. The van der Waals surface area contributed by atoms with Crippen LogP contribution >= 0.6 is 24.0 Å². The van der Waals surface area contributed by atoms with Crippen LogP contribution in [0.3, 0.4) is 0 Å². The van der Waals surface area contributed by atoms with Crippen LogP contribution in [0.5, 0.6) is 0 Å². The average Bonchev–Trinajstić information content (AvgIpc) is 3.09. The van der Waals surface area contributed by atoms with Crippen LogP contribution in [-0.4, -0.2) is 53.4 Å². The van der Waals surface area contributed by atoms with E-state index in [-0.39, 0.29) is 30.1 Å². The van der Waals surface area contributed by atoms with Crippen molar-refractivity contribution in [1.82, 2.24) is 20.0 Å². The van der Waals surface area contributed by atoms with Crippen molar-refractivity contribution in [2.75, 3.05) is 32.8 Å². The van der Waals surface area contributed by atoms with E-state index in [4.69, 9.17) is 9.73 Å². The second kappa shape index (κ2) is 10.8. The van der Waals surface area contributed by atoms with Gasteiger partial charge in [-0.15, -0.1) is 24.0 Å². The highest BCUT2D eigenvalue weighted by atomic mass is 127. The Kier molecular flexibility index (Phi) is 8.75. The zero-order valence-electron chi connectivity index (χ0n) is 17.3. The zero-order chi connectivity index (χ0) is 19.2. The van der Waals surface area contributed by atoms with Gasteiger partial charge in [-0.25, -0.2) is 0 Å². The van der Waals surface area contributed by atoms with Crippen LogP contribution in [0.4, 0.5) is 0 Å². The van der Waals surface area contributed by atoms with Crippen LogP contribution in [0.15, 0.2) is 35.6 Å². The number of nitrogens with zero attached hydrogens (tertiary/aromatic N) is 4. The number of ether oxygens (including phenoxy) is 1. The number of rotatable bonds is 5. The van der Waals surface area contributed by atoms with E-state index >= 15 is 0 Å². The first-order chi connectivity index (χ1) is 13.1. The lowest BCUT2D eigenvalue weighted by Gasteiger charge is -2.34. The first-order valence-corrected chi connectivity index (χ1v) is 9.76. The summed E-state index contributed by atoms with van der Waals surface area (Å²) in [6.45, 7) is 10.4. The topological polar surface area (TPSA) is 54.7 Å². The fourth-order valence-corrected chi connectivity index (χ4v) is 3.48. The molecule has 1 saturated heterocycles. The van der Waals surface area contributed by atoms with E-state index in [1.807, 2.05) is 24.1 Å². The van der Waals surface area contributed by atoms with Gasteiger partial charge in [-0.1, -0.05) is 23.8 Å². The molecule has 28 heavy (non-hydrogen) atoms. The Balaban J connectivity index is 0.00000280. The monoisotopic (exact) mass is 497 g/mol. The van der Waals surface area contributed by atoms with Gasteiger partial charge in [-0.05, 0) is 38.3 Å². The maximum atomic E-state index is 5.96. The molecule has 1 atom stereocenters. The molecule has 0 aliphatic carbocycles. The summed E-state index contributed by atoms with van der Waals surface area (Å²) in [4.78, 5) is 7.18. The van der Waals surface area contributed by atoms with Gasteiger partial charge in [0.05, 0.1) is 19.3 Å². The predicted octanol–water partition coefficient (Wildman–Crippen LogP) is 3.24. The summed E-state index contributed by atoms with van der Waals surface area (Å²) < 4.78 is 7.78. The third kappa shape index (κ3) is 5.94. The van der Waals surface area contributed by atoms with Gasteiger partial charge in [0.2, 0.25) is 0 Å². The molecule has 0 spiro atoms. The molecule has 1 aromatic heterocycles. The van der Waals surface area contributed by atoms with Crippen LogP contribution in [0, 0.1) is 13.8 Å². The summed E-state index contributed by atoms with van der Waals surface area (Å²) in [5.74, 6) is 0.972. The minimum atomic E-state index is 0.